The van der Waals surface area contributed by atoms with Crippen molar-refractivity contribution in [1.82, 2.24) is 9.80 Å². The minimum absolute atomic E-state index is 0.0208. The summed E-state index contributed by atoms with van der Waals surface area (Å²) in [5.74, 6) is 0.414. The van der Waals surface area contributed by atoms with Crippen LogP contribution >= 0.6 is 27.7 Å². The summed E-state index contributed by atoms with van der Waals surface area (Å²) < 4.78 is 6.36. The second-order valence-electron chi connectivity index (χ2n) is 6.48. The van der Waals surface area contributed by atoms with Crippen LogP contribution in [0.1, 0.15) is 0 Å². The summed E-state index contributed by atoms with van der Waals surface area (Å²) in [4.78, 5) is 30.7. The van der Waals surface area contributed by atoms with E-state index in [0.29, 0.717) is 35.8 Å². The number of fused-ring (bicyclic) bond motifs is 1. The molecule has 136 valence electrons. The van der Waals surface area contributed by atoms with Crippen LogP contribution in [0.3, 0.4) is 0 Å². The molecule has 8 heteroatoms. The number of carbonyl (C=O) groups excluding carboxylic acids is 2. The lowest BCUT2D eigenvalue weighted by Gasteiger charge is -2.30. The predicted molar refractivity (Wildman–Crippen MR) is 103 cm³/mol. The number of hydrogen-bond acceptors (Lipinski definition) is 5. The highest BCUT2D eigenvalue weighted by molar-refractivity contribution is 9.10. The molecule has 3 rings (SSSR count). The number of halogens is 1. The zero-order valence-electron chi connectivity index (χ0n) is 14.6. The Balaban J connectivity index is 1.74. The topological polar surface area (TPSA) is 53.1 Å². The Morgan fingerprint density at radius 2 is 2.16 bits per heavy atom. The molecule has 0 radical (unpaired) electrons. The van der Waals surface area contributed by atoms with Crippen LogP contribution in [0.5, 0.6) is 5.75 Å². The summed E-state index contributed by atoms with van der Waals surface area (Å²) in [5.41, 5.74) is 0.651. The van der Waals surface area contributed by atoms with E-state index in [0.717, 1.165) is 4.47 Å². The molecular weight excluding hydrogens is 406 g/mol. The van der Waals surface area contributed by atoms with E-state index in [9.17, 15) is 9.59 Å². The molecule has 0 N–H and O–H groups in total. The van der Waals surface area contributed by atoms with E-state index in [1.165, 1.54) is 4.90 Å². The first-order valence-corrected chi connectivity index (χ1v) is 10.2. The average Bonchev–Trinajstić information content (AvgIpc) is 3.02. The molecule has 1 saturated heterocycles. The molecule has 2 aliphatic heterocycles. The summed E-state index contributed by atoms with van der Waals surface area (Å²) in [7, 11) is 4.09. The molecule has 2 amide bonds. The first-order valence-electron chi connectivity index (χ1n) is 8.10. The Morgan fingerprint density at radius 3 is 2.80 bits per heavy atom. The molecule has 0 aliphatic carbocycles. The Bertz CT molecular complexity index is 685. The third kappa shape index (κ3) is 3.80. The molecule has 0 spiro atoms. The highest BCUT2D eigenvalue weighted by Crippen LogP contribution is 2.34. The van der Waals surface area contributed by atoms with Crippen LogP contribution in [0.2, 0.25) is 0 Å². The van der Waals surface area contributed by atoms with Crippen molar-refractivity contribution in [3.05, 3.63) is 22.7 Å². The standard InChI is InChI=1S/C17H22BrN3O3S/c1-19(2)13-7-20(8-15(13)25-3)16(22)9-21-12-5-4-11(18)6-14(12)24-10-17(21)23/h4-6,13,15H,7-10H2,1-3H3/t13-,15-/m0/s1. The Labute approximate surface area is 160 Å². The fraction of sp³-hybridized carbons (Fsp3) is 0.529. The second kappa shape index (κ2) is 7.55. The number of likely N-dealkylation sites (tertiary alicyclic amines) is 1. The number of nitrogens with zero attached hydrogens (tertiary/aromatic N) is 3. The van der Waals surface area contributed by atoms with Crippen LogP contribution in [0.15, 0.2) is 22.7 Å². The monoisotopic (exact) mass is 427 g/mol. The Kier molecular flexibility index (Phi) is 5.60. The maximum Gasteiger partial charge on any atom is 0.265 e. The van der Waals surface area contributed by atoms with Crippen molar-refractivity contribution in [2.75, 3.05) is 51.5 Å². The lowest BCUT2D eigenvalue weighted by molar-refractivity contribution is -0.131. The zero-order valence-corrected chi connectivity index (χ0v) is 17.0. The van der Waals surface area contributed by atoms with E-state index in [4.69, 9.17) is 4.74 Å². The van der Waals surface area contributed by atoms with Gasteiger partial charge in [-0.15, -0.1) is 0 Å². The Morgan fingerprint density at radius 1 is 1.40 bits per heavy atom. The number of amides is 2. The molecule has 0 aromatic heterocycles. The van der Waals surface area contributed by atoms with Gasteiger partial charge in [0, 0.05) is 28.9 Å². The largest absolute Gasteiger partial charge is 0.482 e. The van der Waals surface area contributed by atoms with Gasteiger partial charge >= 0.3 is 0 Å². The van der Waals surface area contributed by atoms with Crippen molar-refractivity contribution < 1.29 is 14.3 Å². The maximum absolute atomic E-state index is 12.8. The number of benzene rings is 1. The van der Waals surface area contributed by atoms with Gasteiger partial charge in [-0.3, -0.25) is 14.5 Å². The van der Waals surface area contributed by atoms with Crippen molar-refractivity contribution in [1.29, 1.82) is 0 Å². The molecule has 2 atom stereocenters. The number of carbonyl (C=O) groups is 2. The molecule has 0 unspecified atom stereocenters. The fourth-order valence-electron chi connectivity index (χ4n) is 3.27. The van der Waals surface area contributed by atoms with Crippen LogP contribution < -0.4 is 9.64 Å². The number of rotatable bonds is 4. The minimum atomic E-state index is -0.187. The van der Waals surface area contributed by atoms with E-state index in [-0.39, 0.29) is 25.0 Å². The van der Waals surface area contributed by atoms with Crippen LogP contribution in [-0.4, -0.2) is 79.5 Å². The van der Waals surface area contributed by atoms with E-state index >= 15 is 0 Å². The molecule has 1 aromatic carbocycles. The van der Waals surface area contributed by atoms with Gasteiger partial charge in [-0.1, -0.05) is 15.9 Å². The van der Waals surface area contributed by atoms with Crippen molar-refractivity contribution in [2.24, 2.45) is 0 Å². The van der Waals surface area contributed by atoms with Crippen molar-refractivity contribution in [3.8, 4) is 5.75 Å². The zero-order chi connectivity index (χ0) is 18.1. The molecule has 6 nitrogen and oxygen atoms in total. The van der Waals surface area contributed by atoms with E-state index in [1.807, 2.05) is 31.1 Å². The van der Waals surface area contributed by atoms with Gasteiger partial charge in [0.1, 0.15) is 12.3 Å². The number of thioether (sulfide) groups is 1. The molecule has 0 bridgehead atoms. The maximum atomic E-state index is 12.8. The summed E-state index contributed by atoms with van der Waals surface area (Å²) in [6, 6.07) is 5.81. The molecule has 1 aromatic rings. The van der Waals surface area contributed by atoms with E-state index in [2.05, 4.69) is 27.1 Å². The van der Waals surface area contributed by atoms with Gasteiger partial charge in [0.05, 0.1) is 5.69 Å². The van der Waals surface area contributed by atoms with Crippen molar-refractivity contribution in [2.45, 2.75) is 11.3 Å². The van der Waals surface area contributed by atoms with E-state index in [1.54, 1.807) is 17.8 Å². The lowest BCUT2D eigenvalue weighted by Crippen LogP contribution is -2.46. The van der Waals surface area contributed by atoms with Crippen molar-refractivity contribution >= 4 is 45.2 Å². The quantitative estimate of drug-likeness (QED) is 0.731. The molecule has 1 fully saturated rings. The summed E-state index contributed by atoms with van der Waals surface area (Å²) >= 11 is 5.18. The molecule has 2 heterocycles. The minimum Gasteiger partial charge on any atom is -0.482 e. The number of ether oxygens (including phenoxy) is 1. The lowest BCUT2D eigenvalue weighted by atomic mass is 10.2. The molecule has 2 aliphatic rings. The average molecular weight is 428 g/mol. The molecule has 25 heavy (non-hydrogen) atoms. The first kappa shape index (κ1) is 18.5. The van der Waals surface area contributed by atoms with Gasteiger partial charge < -0.3 is 14.5 Å². The highest BCUT2D eigenvalue weighted by Gasteiger charge is 2.37. The summed E-state index contributed by atoms with van der Waals surface area (Å²) in [5, 5.41) is 0.391. The Hall–Kier alpha value is -1.25. The van der Waals surface area contributed by atoms with Gasteiger partial charge in [0.2, 0.25) is 5.91 Å². The highest BCUT2D eigenvalue weighted by atomic mass is 79.9. The molecule has 0 saturated carbocycles. The SMILES string of the molecule is CS[C@H]1CN(C(=O)CN2C(=O)COc3cc(Br)ccc32)C[C@@H]1N(C)C. The van der Waals surface area contributed by atoms with Crippen LogP contribution in [0, 0.1) is 0 Å². The second-order valence-corrected chi connectivity index (χ2v) is 8.48. The number of anilines is 1. The van der Waals surface area contributed by atoms with Crippen molar-refractivity contribution in [3.63, 3.8) is 0 Å². The third-order valence-electron chi connectivity index (χ3n) is 4.71. The van der Waals surface area contributed by atoms with Gasteiger partial charge in [0.15, 0.2) is 6.61 Å². The number of hydrogen-bond donors (Lipinski definition) is 0. The van der Waals surface area contributed by atoms with Crippen LogP contribution in [-0.2, 0) is 9.59 Å². The van der Waals surface area contributed by atoms with Gasteiger partial charge in [0.25, 0.3) is 5.91 Å². The number of likely N-dealkylation sites (N-methyl/N-ethyl adjacent to an activating group) is 1. The van der Waals surface area contributed by atoms with Gasteiger partial charge in [-0.05, 0) is 38.6 Å². The molecular formula is C17H22BrN3O3S. The normalized spacial score (nSPS) is 23.0. The predicted octanol–water partition coefficient (Wildman–Crippen LogP) is 1.68. The first-order chi connectivity index (χ1) is 11.9. The summed E-state index contributed by atoms with van der Waals surface area (Å²) in [6.07, 6.45) is 2.08. The fourth-order valence-corrected chi connectivity index (χ4v) is 4.59. The van der Waals surface area contributed by atoms with Gasteiger partial charge in [-0.2, -0.15) is 11.8 Å². The summed E-state index contributed by atoms with van der Waals surface area (Å²) in [6.45, 7) is 1.43. The van der Waals surface area contributed by atoms with E-state index < -0.39 is 0 Å². The third-order valence-corrected chi connectivity index (χ3v) is 6.28. The van der Waals surface area contributed by atoms with Crippen LogP contribution in [0.4, 0.5) is 5.69 Å². The smallest absolute Gasteiger partial charge is 0.265 e. The van der Waals surface area contributed by atoms with Gasteiger partial charge in [-0.25, -0.2) is 0 Å². The van der Waals surface area contributed by atoms with Crippen LogP contribution in [0.25, 0.3) is 0 Å².